The standard InChI is InChI=1S/C15H14Cl2N2O3S/c1-4-13-14(22-9(3)21)19(8(2)20)15(23-13)18-12-6-5-10(16)7-11(12)17/h5-7H,4H2,1-3H3. The molecule has 0 N–H and O–H groups in total. The molecule has 0 fully saturated rings. The SMILES string of the molecule is CCc1sc(=Nc2ccc(Cl)cc2Cl)n(C(C)=O)c1OC(C)=O. The molecule has 8 heteroatoms. The minimum atomic E-state index is -0.497. The number of hydrogen-bond acceptors (Lipinski definition) is 5. The number of ether oxygens (including phenoxy) is 1. The summed E-state index contributed by atoms with van der Waals surface area (Å²) in [6.45, 7) is 4.57. The van der Waals surface area contributed by atoms with Gasteiger partial charge in [0, 0.05) is 18.9 Å². The Kier molecular flexibility index (Phi) is 5.62. The average molecular weight is 373 g/mol. The first-order valence-corrected chi connectivity index (χ1v) is 8.34. The van der Waals surface area contributed by atoms with Crippen molar-refractivity contribution in [1.29, 1.82) is 0 Å². The minimum absolute atomic E-state index is 0.210. The van der Waals surface area contributed by atoms with Gasteiger partial charge < -0.3 is 4.74 Å². The van der Waals surface area contributed by atoms with Gasteiger partial charge in [-0.15, -0.1) is 0 Å². The van der Waals surface area contributed by atoms with Crippen LogP contribution in [0.15, 0.2) is 23.2 Å². The lowest BCUT2D eigenvalue weighted by Gasteiger charge is -2.05. The Balaban J connectivity index is 2.70. The maximum absolute atomic E-state index is 12.0. The van der Waals surface area contributed by atoms with E-state index in [4.69, 9.17) is 27.9 Å². The number of aromatic nitrogens is 1. The number of esters is 1. The van der Waals surface area contributed by atoms with E-state index in [9.17, 15) is 9.59 Å². The van der Waals surface area contributed by atoms with Gasteiger partial charge in [0.15, 0.2) is 4.80 Å². The van der Waals surface area contributed by atoms with E-state index in [1.165, 1.54) is 29.8 Å². The van der Waals surface area contributed by atoms with E-state index in [0.717, 1.165) is 4.88 Å². The lowest BCUT2D eigenvalue weighted by Crippen LogP contribution is -2.22. The highest BCUT2D eigenvalue weighted by atomic mass is 35.5. The third kappa shape index (κ3) is 4.02. The number of rotatable bonds is 3. The van der Waals surface area contributed by atoms with E-state index in [-0.39, 0.29) is 11.8 Å². The second-order valence-corrected chi connectivity index (χ2v) is 6.53. The molecule has 0 aliphatic carbocycles. The van der Waals surface area contributed by atoms with Crippen LogP contribution in [0.1, 0.15) is 30.4 Å². The molecule has 5 nitrogen and oxygen atoms in total. The molecular formula is C15H14Cl2N2O3S. The minimum Gasteiger partial charge on any atom is -0.408 e. The van der Waals surface area contributed by atoms with E-state index in [1.807, 2.05) is 6.92 Å². The summed E-state index contributed by atoms with van der Waals surface area (Å²) in [5, 5.41) is 0.863. The van der Waals surface area contributed by atoms with Crippen molar-refractivity contribution in [1.82, 2.24) is 4.57 Å². The maximum atomic E-state index is 12.0. The third-order valence-corrected chi connectivity index (χ3v) is 4.55. The van der Waals surface area contributed by atoms with Gasteiger partial charge in [0.05, 0.1) is 15.6 Å². The number of thiazole rings is 1. The smallest absolute Gasteiger partial charge is 0.309 e. The van der Waals surface area contributed by atoms with E-state index < -0.39 is 5.97 Å². The molecule has 0 aliphatic heterocycles. The Labute approximate surface area is 147 Å². The van der Waals surface area contributed by atoms with Crippen molar-refractivity contribution in [2.75, 3.05) is 0 Å². The zero-order chi connectivity index (χ0) is 17.1. The first kappa shape index (κ1) is 17.7. The van der Waals surface area contributed by atoms with Crippen LogP contribution in [0.4, 0.5) is 5.69 Å². The van der Waals surface area contributed by atoms with Gasteiger partial charge in [0.1, 0.15) is 0 Å². The highest BCUT2D eigenvalue weighted by molar-refractivity contribution is 7.09. The van der Waals surface area contributed by atoms with E-state index in [1.54, 1.807) is 18.2 Å². The third-order valence-electron chi connectivity index (χ3n) is 2.85. The maximum Gasteiger partial charge on any atom is 0.309 e. The predicted molar refractivity (Wildman–Crippen MR) is 91.0 cm³/mol. The summed E-state index contributed by atoms with van der Waals surface area (Å²) in [4.78, 5) is 28.8. The van der Waals surface area contributed by atoms with Gasteiger partial charge in [0.2, 0.25) is 11.8 Å². The van der Waals surface area contributed by atoms with Crippen molar-refractivity contribution in [2.24, 2.45) is 4.99 Å². The second-order valence-electron chi connectivity index (χ2n) is 4.62. The van der Waals surface area contributed by atoms with Crippen molar-refractivity contribution < 1.29 is 14.3 Å². The monoisotopic (exact) mass is 372 g/mol. The number of carbonyl (C=O) groups is 2. The fourth-order valence-corrected chi connectivity index (χ4v) is 3.38. The molecule has 1 aromatic heterocycles. The molecule has 0 bridgehead atoms. The van der Waals surface area contributed by atoms with Crippen LogP contribution in [0.25, 0.3) is 0 Å². The normalized spacial score (nSPS) is 11.6. The largest absolute Gasteiger partial charge is 0.408 e. The number of aryl methyl sites for hydroxylation is 1. The molecular weight excluding hydrogens is 359 g/mol. The van der Waals surface area contributed by atoms with E-state index >= 15 is 0 Å². The summed E-state index contributed by atoms with van der Waals surface area (Å²) in [5.74, 6) is -0.592. The fourth-order valence-electron chi connectivity index (χ4n) is 1.90. The van der Waals surface area contributed by atoms with E-state index in [0.29, 0.717) is 27.0 Å². The highest BCUT2D eigenvalue weighted by Gasteiger charge is 2.19. The van der Waals surface area contributed by atoms with Crippen LogP contribution in [-0.4, -0.2) is 16.4 Å². The average Bonchev–Trinajstić information content (AvgIpc) is 2.78. The molecule has 0 saturated carbocycles. The number of carbonyl (C=O) groups excluding carboxylic acids is 2. The summed E-state index contributed by atoms with van der Waals surface area (Å²) in [7, 11) is 0. The molecule has 23 heavy (non-hydrogen) atoms. The van der Waals surface area contributed by atoms with Crippen LogP contribution < -0.4 is 9.54 Å². The Morgan fingerprint density at radius 3 is 2.52 bits per heavy atom. The predicted octanol–water partition coefficient (Wildman–Crippen LogP) is 4.24. The molecule has 2 aromatic rings. The van der Waals surface area contributed by atoms with Crippen molar-refractivity contribution in [3.8, 4) is 5.88 Å². The fraction of sp³-hybridized carbons (Fsp3) is 0.267. The Morgan fingerprint density at radius 1 is 1.30 bits per heavy atom. The summed E-state index contributed by atoms with van der Waals surface area (Å²) in [6.07, 6.45) is 0.602. The van der Waals surface area contributed by atoms with Crippen LogP contribution in [0.2, 0.25) is 10.0 Å². The second kappa shape index (κ2) is 7.29. The molecule has 0 spiro atoms. The molecule has 2 rings (SSSR count). The van der Waals surface area contributed by atoms with Gasteiger partial charge in [-0.05, 0) is 24.6 Å². The van der Waals surface area contributed by atoms with Gasteiger partial charge in [-0.3, -0.25) is 9.59 Å². The summed E-state index contributed by atoms with van der Waals surface area (Å²) >= 11 is 13.3. The number of nitrogens with zero attached hydrogens (tertiary/aromatic N) is 2. The van der Waals surface area contributed by atoms with Crippen molar-refractivity contribution in [3.05, 3.63) is 37.9 Å². The first-order chi connectivity index (χ1) is 10.8. The van der Waals surface area contributed by atoms with Crippen molar-refractivity contribution in [3.63, 3.8) is 0 Å². The van der Waals surface area contributed by atoms with Gasteiger partial charge >= 0.3 is 5.97 Å². The molecule has 0 radical (unpaired) electrons. The van der Waals surface area contributed by atoms with Gasteiger partial charge in [-0.2, -0.15) is 0 Å². The molecule has 0 amide bonds. The molecule has 1 heterocycles. The molecule has 0 unspecified atom stereocenters. The van der Waals surface area contributed by atoms with Crippen LogP contribution in [0.5, 0.6) is 5.88 Å². The topological polar surface area (TPSA) is 60.7 Å². The molecule has 122 valence electrons. The van der Waals surface area contributed by atoms with Crippen molar-refractivity contribution in [2.45, 2.75) is 27.2 Å². The van der Waals surface area contributed by atoms with Gasteiger partial charge in [-0.25, -0.2) is 9.56 Å². The number of benzene rings is 1. The first-order valence-electron chi connectivity index (χ1n) is 6.77. The van der Waals surface area contributed by atoms with Crippen molar-refractivity contribution >= 4 is 52.1 Å². The van der Waals surface area contributed by atoms with Crippen LogP contribution in [-0.2, 0) is 11.2 Å². The Bertz CT molecular complexity index is 840. The molecule has 1 aromatic carbocycles. The van der Waals surface area contributed by atoms with E-state index in [2.05, 4.69) is 4.99 Å². The summed E-state index contributed by atoms with van der Waals surface area (Å²) in [5.41, 5.74) is 0.476. The van der Waals surface area contributed by atoms with Crippen LogP contribution >= 0.6 is 34.5 Å². The molecule has 0 aliphatic rings. The van der Waals surface area contributed by atoms with Gasteiger partial charge in [-0.1, -0.05) is 41.5 Å². The zero-order valence-corrected chi connectivity index (χ0v) is 15.1. The highest BCUT2D eigenvalue weighted by Crippen LogP contribution is 2.29. The zero-order valence-electron chi connectivity index (χ0n) is 12.7. The quantitative estimate of drug-likeness (QED) is 0.757. The lowest BCUT2D eigenvalue weighted by molar-refractivity contribution is -0.132. The van der Waals surface area contributed by atoms with Crippen LogP contribution in [0, 0.1) is 0 Å². The molecule has 0 saturated heterocycles. The number of hydrogen-bond donors (Lipinski definition) is 0. The Morgan fingerprint density at radius 2 is 2.00 bits per heavy atom. The summed E-state index contributed by atoms with van der Waals surface area (Å²) < 4.78 is 6.47. The van der Waals surface area contributed by atoms with Gasteiger partial charge in [0.25, 0.3) is 0 Å². The molecule has 0 atom stereocenters. The number of halogens is 2. The summed E-state index contributed by atoms with van der Waals surface area (Å²) in [6, 6.07) is 4.89. The van der Waals surface area contributed by atoms with Crippen LogP contribution in [0.3, 0.4) is 0 Å². The Hall–Kier alpha value is -1.63. The lowest BCUT2D eigenvalue weighted by atomic mass is 10.3.